The molecule has 0 radical (unpaired) electrons. The van der Waals surface area contributed by atoms with E-state index in [1.807, 2.05) is 0 Å². The third-order valence-electron chi connectivity index (χ3n) is 3.02. The largest absolute Gasteiger partial charge is 0.452 e. The van der Waals surface area contributed by atoms with Gasteiger partial charge in [-0.25, -0.2) is 27.1 Å². The molecule has 7 nitrogen and oxygen atoms in total. The van der Waals surface area contributed by atoms with E-state index in [0.29, 0.717) is 0 Å². The lowest BCUT2D eigenvalue weighted by atomic mass is 10.2. The average molecular weight is 405 g/mol. The summed E-state index contributed by atoms with van der Waals surface area (Å²) >= 11 is 5.80. The van der Waals surface area contributed by atoms with E-state index in [-0.39, 0.29) is 21.2 Å². The van der Waals surface area contributed by atoms with Crippen LogP contribution in [0, 0.1) is 11.6 Å². The van der Waals surface area contributed by atoms with E-state index >= 15 is 0 Å². The molecular weight excluding hydrogens is 394 g/mol. The summed E-state index contributed by atoms with van der Waals surface area (Å²) in [6, 6.07) is 5.83. The molecule has 2 aromatic carbocycles. The van der Waals surface area contributed by atoms with Crippen molar-refractivity contribution in [1.29, 1.82) is 0 Å². The quantitative estimate of drug-likeness (QED) is 0.740. The summed E-state index contributed by atoms with van der Waals surface area (Å²) in [7, 11) is -4.07. The van der Waals surface area contributed by atoms with E-state index < -0.39 is 40.1 Å². The number of sulfonamides is 1. The van der Waals surface area contributed by atoms with E-state index in [0.717, 1.165) is 36.4 Å². The van der Waals surface area contributed by atoms with E-state index in [2.05, 4.69) is 5.32 Å². The first kappa shape index (κ1) is 19.8. The van der Waals surface area contributed by atoms with Gasteiger partial charge < -0.3 is 10.1 Å². The van der Waals surface area contributed by atoms with E-state index in [9.17, 15) is 26.8 Å². The van der Waals surface area contributed by atoms with Gasteiger partial charge in [-0.15, -0.1) is 0 Å². The van der Waals surface area contributed by atoms with Crippen molar-refractivity contribution in [3.05, 3.63) is 58.6 Å². The van der Waals surface area contributed by atoms with Gasteiger partial charge >= 0.3 is 5.97 Å². The normalized spacial score (nSPS) is 11.1. The van der Waals surface area contributed by atoms with Crippen molar-refractivity contribution in [2.24, 2.45) is 5.14 Å². The summed E-state index contributed by atoms with van der Waals surface area (Å²) in [6.45, 7) is -0.770. The van der Waals surface area contributed by atoms with Crippen molar-refractivity contribution < 1.29 is 31.5 Å². The second kappa shape index (κ2) is 7.77. The number of anilines is 1. The number of nitrogens with one attached hydrogen (secondary N) is 1. The van der Waals surface area contributed by atoms with Gasteiger partial charge in [-0.3, -0.25) is 4.79 Å². The van der Waals surface area contributed by atoms with Crippen molar-refractivity contribution in [2.75, 3.05) is 11.9 Å². The zero-order valence-corrected chi connectivity index (χ0v) is 14.4. The zero-order valence-electron chi connectivity index (χ0n) is 12.8. The van der Waals surface area contributed by atoms with Crippen molar-refractivity contribution in [2.45, 2.75) is 4.90 Å². The van der Waals surface area contributed by atoms with Crippen LogP contribution in [-0.4, -0.2) is 26.9 Å². The van der Waals surface area contributed by atoms with Gasteiger partial charge in [0.15, 0.2) is 18.2 Å². The van der Waals surface area contributed by atoms with E-state index in [1.165, 1.54) is 0 Å². The second-order valence-electron chi connectivity index (χ2n) is 4.94. The summed E-state index contributed by atoms with van der Waals surface area (Å²) in [5.74, 6) is -4.14. The molecule has 0 unspecified atom stereocenters. The maximum absolute atomic E-state index is 13.1. The molecule has 0 spiro atoms. The Kier molecular flexibility index (Phi) is 5.90. The van der Waals surface area contributed by atoms with Crippen LogP contribution in [0.2, 0.25) is 5.02 Å². The Hall–Kier alpha value is -2.56. The third kappa shape index (κ3) is 4.97. The molecule has 26 heavy (non-hydrogen) atoms. The molecule has 0 bridgehead atoms. The van der Waals surface area contributed by atoms with Gasteiger partial charge in [0.2, 0.25) is 10.0 Å². The topological polar surface area (TPSA) is 116 Å². The highest BCUT2D eigenvalue weighted by Crippen LogP contribution is 2.21. The van der Waals surface area contributed by atoms with Gasteiger partial charge in [0.25, 0.3) is 5.91 Å². The smallest absolute Gasteiger partial charge is 0.340 e. The third-order valence-corrected chi connectivity index (χ3v) is 4.26. The van der Waals surface area contributed by atoms with Crippen molar-refractivity contribution in [3.63, 3.8) is 0 Å². The van der Waals surface area contributed by atoms with Crippen LogP contribution in [0.25, 0.3) is 0 Å². The molecular formula is C15H11ClF2N2O5S. The van der Waals surface area contributed by atoms with Crippen molar-refractivity contribution in [3.8, 4) is 0 Å². The highest BCUT2D eigenvalue weighted by Gasteiger charge is 2.18. The number of carbonyl (C=O) groups is 2. The van der Waals surface area contributed by atoms with Crippen LogP contribution >= 0.6 is 11.6 Å². The van der Waals surface area contributed by atoms with Crippen LogP contribution < -0.4 is 10.5 Å². The number of hydrogen-bond acceptors (Lipinski definition) is 5. The lowest BCUT2D eigenvalue weighted by Crippen LogP contribution is -2.21. The average Bonchev–Trinajstić information content (AvgIpc) is 2.55. The van der Waals surface area contributed by atoms with Crippen LogP contribution in [0.1, 0.15) is 10.4 Å². The highest BCUT2D eigenvalue weighted by molar-refractivity contribution is 7.89. The molecule has 3 N–H and O–H groups in total. The monoisotopic (exact) mass is 404 g/mol. The van der Waals surface area contributed by atoms with Crippen LogP contribution in [-0.2, 0) is 19.6 Å². The number of amides is 1. The Morgan fingerprint density at radius 1 is 1.12 bits per heavy atom. The van der Waals surface area contributed by atoms with Gasteiger partial charge in [0, 0.05) is 11.8 Å². The zero-order chi connectivity index (χ0) is 19.5. The summed E-state index contributed by atoms with van der Waals surface area (Å²) in [4.78, 5) is 23.3. The molecule has 2 aromatic rings. The summed E-state index contributed by atoms with van der Waals surface area (Å²) < 4.78 is 53.2. The maximum atomic E-state index is 13.1. The number of rotatable bonds is 5. The highest BCUT2D eigenvalue weighted by atomic mass is 35.5. The standard InChI is InChI=1S/C15H11ClF2N2O5S/c16-11-3-2-9(26(19,23)24)6-10(11)15(22)25-7-14(21)20-8-1-4-12(17)13(18)5-8/h1-6H,7H2,(H,20,21)(H2,19,23,24). The van der Waals surface area contributed by atoms with Gasteiger partial charge in [0.1, 0.15) is 0 Å². The molecule has 1 amide bonds. The second-order valence-corrected chi connectivity index (χ2v) is 6.91. The number of esters is 1. The van der Waals surface area contributed by atoms with Gasteiger partial charge in [-0.05, 0) is 30.3 Å². The fourth-order valence-electron chi connectivity index (χ4n) is 1.82. The SMILES string of the molecule is NS(=O)(=O)c1ccc(Cl)c(C(=O)OCC(=O)Nc2ccc(F)c(F)c2)c1. The Balaban J connectivity index is 2.04. The van der Waals surface area contributed by atoms with Crippen LogP contribution in [0.15, 0.2) is 41.3 Å². The molecule has 0 saturated carbocycles. The minimum Gasteiger partial charge on any atom is -0.452 e. The number of benzene rings is 2. The first-order valence-electron chi connectivity index (χ1n) is 6.82. The number of carbonyl (C=O) groups excluding carboxylic acids is 2. The predicted octanol–water partition coefficient (Wildman–Crippen LogP) is 2.06. The van der Waals surface area contributed by atoms with Gasteiger partial charge in [-0.2, -0.15) is 0 Å². The predicted molar refractivity (Wildman–Crippen MR) is 88.1 cm³/mol. The Morgan fingerprint density at radius 2 is 1.81 bits per heavy atom. The molecule has 0 fully saturated rings. The lowest BCUT2D eigenvalue weighted by Gasteiger charge is -2.08. The molecule has 2 rings (SSSR count). The first-order chi connectivity index (χ1) is 12.1. The first-order valence-corrected chi connectivity index (χ1v) is 8.75. The van der Waals surface area contributed by atoms with Crippen molar-refractivity contribution in [1.82, 2.24) is 0 Å². The summed E-state index contributed by atoms with van der Waals surface area (Å²) in [5, 5.41) is 7.05. The molecule has 0 heterocycles. The fraction of sp³-hybridized carbons (Fsp3) is 0.0667. The molecule has 0 atom stereocenters. The number of ether oxygens (including phenoxy) is 1. The summed E-state index contributed by atoms with van der Waals surface area (Å²) in [5.41, 5.74) is -0.349. The number of hydrogen-bond donors (Lipinski definition) is 2. The van der Waals surface area contributed by atoms with Gasteiger partial charge in [0.05, 0.1) is 15.5 Å². The molecule has 0 aliphatic carbocycles. The van der Waals surface area contributed by atoms with Gasteiger partial charge in [-0.1, -0.05) is 11.6 Å². The van der Waals surface area contributed by atoms with Crippen LogP contribution in [0.5, 0.6) is 0 Å². The minimum absolute atomic E-state index is 0.0424. The molecule has 0 aliphatic heterocycles. The molecule has 0 aliphatic rings. The Bertz CT molecular complexity index is 982. The molecule has 0 saturated heterocycles. The lowest BCUT2D eigenvalue weighted by molar-refractivity contribution is -0.119. The van der Waals surface area contributed by atoms with E-state index in [4.69, 9.17) is 21.5 Å². The molecule has 0 aromatic heterocycles. The van der Waals surface area contributed by atoms with E-state index in [1.54, 1.807) is 0 Å². The van der Waals surface area contributed by atoms with Crippen molar-refractivity contribution >= 4 is 39.2 Å². The number of nitrogens with two attached hydrogens (primary N) is 1. The Morgan fingerprint density at radius 3 is 2.42 bits per heavy atom. The van der Waals surface area contributed by atoms with Crippen LogP contribution in [0.4, 0.5) is 14.5 Å². The molecule has 138 valence electrons. The molecule has 11 heteroatoms. The summed E-state index contributed by atoms with van der Waals surface area (Å²) in [6.07, 6.45) is 0. The number of primary sulfonamides is 1. The number of halogens is 3. The Labute approximate surface area is 151 Å². The van der Waals surface area contributed by atoms with Crippen LogP contribution in [0.3, 0.4) is 0 Å². The minimum atomic E-state index is -4.07. The maximum Gasteiger partial charge on any atom is 0.340 e. The fourth-order valence-corrected chi connectivity index (χ4v) is 2.55.